The molecule has 1 fully saturated rings. The number of carbonyl (C=O) groups is 1. The van der Waals surface area contributed by atoms with E-state index in [0.717, 1.165) is 59.3 Å². The van der Waals surface area contributed by atoms with Gasteiger partial charge in [0.2, 0.25) is 5.88 Å². The first kappa shape index (κ1) is 31.5. The van der Waals surface area contributed by atoms with Crippen LogP contribution in [0.1, 0.15) is 74.3 Å². The Balaban J connectivity index is 0.00000387. The van der Waals surface area contributed by atoms with Crippen molar-refractivity contribution in [2.24, 2.45) is 11.8 Å². The first-order valence-corrected chi connectivity index (χ1v) is 14.2. The number of carboxylic acid groups (broad SMARTS) is 1. The molecule has 0 N–H and O–H groups in total. The number of aliphatic carboxylic acids is 1. The first-order chi connectivity index (χ1) is 19.2. The predicted molar refractivity (Wildman–Crippen MR) is 151 cm³/mol. The van der Waals surface area contributed by atoms with E-state index in [0.29, 0.717) is 29.9 Å². The SMILES string of the molecule is COc1cc(-c2ccc(C3CCc4ccc([C@H](C5CC5)[C@H](C)C(=O)[O-])cc4O3)cc2CN(C)C(C)C)c(F)cn1.[Na+]. The molecule has 0 spiro atoms. The average Bonchev–Trinajstić information content (AvgIpc) is 3.78. The number of aromatic nitrogens is 1. The molecule has 41 heavy (non-hydrogen) atoms. The molecule has 1 aromatic heterocycles. The quantitative estimate of drug-likeness (QED) is 0.350. The monoisotopic (exact) mass is 568 g/mol. The van der Waals surface area contributed by atoms with Crippen LogP contribution in [0, 0.1) is 17.7 Å². The number of carbonyl (C=O) groups excluding carboxylic acids is 1. The minimum atomic E-state index is -1.00. The Hall–Kier alpha value is -2.45. The van der Waals surface area contributed by atoms with Crippen LogP contribution in [0.15, 0.2) is 48.7 Å². The van der Waals surface area contributed by atoms with Crippen molar-refractivity contribution < 1.29 is 53.3 Å². The maximum atomic E-state index is 15.0. The van der Waals surface area contributed by atoms with E-state index in [9.17, 15) is 14.3 Å². The molecule has 1 unspecified atom stereocenters. The minimum absolute atomic E-state index is 0. The smallest absolute Gasteiger partial charge is 0.550 e. The Labute approximate surface area is 264 Å². The summed E-state index contributed by atoms with van der Waals surface area (Å²) in [6.07, 6.45) is 4.83. The number of carboxylic acids is 1. The third kappa shape index (κ3) is 6.96. The van der Waals surface area contributed by atoms with Crippen molar-refractivity contribution in [2.45, 2.75) is 71.1 Å². The van der Waals surface area contributed by atoms with Crippen molar-refractivity contribution in [3.63, 3.8) is 0 Å². The number of fused-ring (bicyclic) bond motifs is 1. The number of pyridine rings is 1. The molecule has 2 aromatic carbocycles. The molecule has 0 saturated heterocycles. The maximum Gasteiger partial charge on any atom is 1.00 e. The van der Waals surface area contributed by atoms with E-state index in [1.54, 1.807) is 13.0 Å². The molecule has 2 heterocycles. The normalized spacial score (nSPS) is 17.8. The van der Waals surface area contributed by atoms with Gasteiger partial charge in [-0.3, -0.25) is 4.90 Å². The summed E-state index contributed by atoms with van der Waals surface area (Å²) in [4.78, 5) is 18.0. The summed E-state index contributed by atoms with van der Waals surface area (Å²) in [7, 11) is 3.58. The summed E-state index contributed by atoms with van der Waals surface area (Å²) in [5, 5.41) is 11.7. The number of ether oxygens (including phenoxy) is 2. The van der Waals surface area contributed by atoms with E-state index in [4.69, 9.17) is 9.47 Å². The topological polar surface area (TPSA) is 74.7 Å². The molecule has 1 aliphatic carbocycles. The number of aryl methyl sites for hydroxylation is 1. The molecule has 6 nitrogen and oxygen atoms in total. The molecule has 1 aliphatic heterocycles. The zero-order valence-electron chi connectivity index (χ0n) is 24.9. The maximum absolute atomic E-state index is 15.0. The van der Waals surface area contributed by atoms with Gasteiger partial charge < -0.3 is 19.4 Å². The van der Waals surface area contributed by atoms with Gasteiger partial charge in [-0.1, -0.05) is 37.3 Å². The molecule has 0 amide bonds. The fraction of sp³-hybridized carbons (Fsp3) is 0.455. The molecule has 3 atom stereocenters. The minimum Gasteiger partial charge on any atom is -0.550 e. The molecule has 5 rings (SSSR count). The van der Waals surface area contributed by atoms with E-state index in [1.807, 2.05) is 18.2 Å². The Morgan fingerprint density at radius 2 is 1.88 bits per heavy atom. The molecular formula is C33H38FN2NaO4. The number of nitrogens with zero attached hydrogens (tertiary/aromatic N) is 2. The summed E-state index contributed by atoms with van der Waals surface area (Å²) in [5.74, 6) is -0.451. The molecular weight excluding hydrogens is 530 g/mol. The number of hydrogen-bond acceptors (Lipinski definition) is 6. The van der Waals surface area contributed by atoms with Gasteiger partial charge in [0, 0.05) is 36.1 Å². The summed E-state index contributed by atoms with van der Waals surface area (Å²) in [6, 6.07) is 14.3. The van der Waals surface area contributed by atoms with Crippen molar-refractivity contribution >= 4 is 5.97 Å². The van der Waals surface area contributed by atoms with E-state index in [2.05, 4.69) is 49.0 Å². The van der Waals surface area contributed by atoms with Crippen molar-refractivity contribution in [2.75, 3.05) is 14.2 Å². The van der Waals surface area contributed by atoms with Crippen LogP contribution in [-0.4, -0.2) is 36.1 Å². The molecule has 1 saturated carbocycles. The fourth-order valence-electron chi connectivity index (χ4n) is 5.80. The Morgan fingerprint density at radius 3 is 2.54 bits per heavy atom. The summed E-state index contributed by atoms with van der Waals surface area (Å²) < 4.78 is 26.8. The van der Waals surface area contributed by atoms with Crippen LogP contribution >= 0.6 is 0 Å². The second-order valence-electron chi connectivity index (χ2n) is 11.6. The van der Waals surface area contributed by atoms with Gasteiger partial charge in [0.25, 0.3) is 0 Å². The number of hydrogen-bond donors (Lipinski definition) is 0. The Bertz CT molecular complexity index is 1390. The van der Waals surface area contributed by atoms with Gasteiger partial charge >= 0.3 is 29.6 Å². The van der Waals surface area contributed by atoms with E-state index < -0.39 is 17.7 Å². The van der Waals surface area contributed by atoms with Crippen LogP contribution in [-0.2, 0) is 17.8 Å². The summed E-state index contributed by atoms with van der Waals surface area (Å²) >= 11 is 0. The number of halogens is 1. The zero-order chi connectivity index (χ0) is 28.6. The van der Waals surface area contributed by atoms with Crippen LogP contribution in [0.2, 0.25) is 0 Å². The predicted octanol–water partition coefficient (Wildman–Crippen LogP) is 2.69. The van der Waals surface area contributed by atoms with Crippen LogP contribution in [0.25, 0.3) is 11.1 Å². The number of methoxy groups -OCH3 is 1. The molecule has 0 radical (unpaired) electrons. The van der Waals surface area contributed by atoms with Gasteiger partial charge in [0.15, 0.2) is 0 Å². The molecule has 0 bridgehead atoms. The zero-order valence-corrected chi connectivity index (χ0v) is 26.9. The van der Waals surface area contributed by atoms with Crippen LogP contribution in [0.3, 0.4) is 0 Å². The van der Waals surface area contributed by atoms with E-state index >= 15 is 0 Å². The Morgan fingerprint density at radius 1 is 1.12 bits per heavy atom. The third-order valence-electron chi connectivity index (χ3n) is 8.59. The van der Waals surface area contributed by atoms with Gasteiger partial charge in [0.1, 0.15) is 17.7 Å². The second kappa shape index (κ2) is 13.2. The second-order valence-corrected chi connectivity index (χ2v) is 11.6. The molecule has 8 heteroatoms. The number of rotatable bonds is 10. The van der Waals surface area contributed by atoms with Crippen molar-refractivity contribution in [1.82, 2.24) is 9.88 Å². The van der Waals surface area contributed by atoms with Crippen molar-refractivity contribution in [1.29, 1.82) is 0 Å². The Kier molecular flexibility index (Phi) is 10.2. The van der Waals surface area contributed by atoms with Gasteiger partial charge in [-0.05, 0) is 92.3 Å². The largest absolute Gasteiger partial charge is 1.00 e. The van der Waals surface area contributed by atoms with Crippen LogP contribution < -0.4 is 44.1 Å². The van der Waals surface area contributed by atoms with Crippen molar-refractivity contribution in [3.05, 3.63) is 76.7 Å². The number of benzene rings is 2. The third-order valence-corrected chi connectivity index (χ3v) is 8.59. The van der Waals surface area contributed by atoms with E-state index in [-0.39, 0.29) is 41.6 Å². The standard InChI is InChI=1S/C33H39FN2O4.Na/c1-19(2)36(4)18-25-14-23(10-12-26(25)27-16-31(39-5)35-17-28(27)34)29-13-11-21-6-9-24(15-30(21)40-29)32(22-7-8-22)20(3)33(37)38;/h6,9-10,12,14-17,19-20,22,29,32H,7-8,11,13,18H2,1-5H3,(H,37,38);/q;+1/p-1/t20-,29?,32-;/m0./s1. The van der Waals surface area contributed by atoms with E-state index in [1.165, 1.54) is 13.3 Å². The van der Waals surface area contributed by atoms with Gasteiger partial charge in [-0.25, -0.2) is 9.37 Å². The van der Waals surface area contributed by atoms with Gasteiger partial charge in [0.05, 0.1) is 13.3 Å². The first-order valence-electron chi connectivity index (χ1n) is 14.2. The average molecular weight is 569 g/mol. The summed E-state index contributed by atoms with van der Waals surface area (Å²) in [6.45, 7) is 6.66. The molecule has 2 aliphatic rings. The molecule has 3 aromatic rings. The van der Waals surface area contributed by atoms with Gasteiger partial charge in [-0.15, -0.1) is 0 Å². The van der Waals surface area contributed by atoms with Gasteiger partial charge in [-0.2, -0.15) is 0 Å². The fourth-order valence-corrected chi connectivity index (χ4v) is 5.80. The van der Waals surface area contributed by atoms with Crippen molar-refractivity contribution in [3.8, 4) is 22.8 Å². The summed E-state index contributed by atoms with van der Waals surface area (Å²) in [5.41, 5.74) is 5.44. The van der Waals surface area contributed by atoms with Crippen LogP contribution in [0.4, 0.5) is 4.39 Å². The van der Waals surface area contributed by atoms with Crippen LogP contribution in [0.5, 0.6) is 11.6 Å². The molecule has 212 valence electrons.